The Hall–Kier alpha value is -2.17. The van der Waals surface area contributed by atoms with E-state index in [0.717, 1.165) is 0 Å². The highest BCUT2D eigenvalue weighted by molar-refractivity contribution is 6.29. The van der Waals surface area contributed by atoms with Gasteiger partial charge in [-0.3, -0.25) is 4.79 Å². The average Bonchev–Trinajstić information content (AvgIpc) is 2.32. The van der Waals surface area contributed by atoms with Crippen molar-refractivity contribution in [1.82, 2.24) is 0 Å². The van der Waals surface area contributed by atoms with Crippen molar-refractivity contribution in [2.24, 2.45) is 0 Å². The van der Waals surface area contributed by atoms with Crippen LogP contribution in [0.4, 0.5) is 0 Å². The highest BCUT2D eigenvalue weighted by Crippen LogP contribution is 2.00. The SMILES string of the molecule is O=C(O)C(=O)Oc1cccccc1=O. The smallest absolute Gasteiger partial charge is 0.422 e. The van der Waals surface area contributed by atoms with Crippen molar-refractivity contribution in [3.63, 3.8) is 0 Å². The lowest BCUT2D eigenvalue weighted by atomic mass is 10.4. The molecule has 5 nitrogen and oxygen atoms in total. The van der Waals surface area contributed by atoms with Crippen molar-refractivity contribution in [3.05, 3.63) is 40.6 Å². The third-order valence-corrected chi connectivity index (χ3v) is 1.34. The van der Waals surface area contributed by atoms with Gasteiger partial charge in [-0.2, -0.15) is 0 Å². The summed E-state index contributed by atoms with van der Waals surface area (Å²) in [5.41, 5.74) is -0.551. The van der Waals surface area contributed by atoms with E-state index in [9.17, 15) is 14.4 Å². The lowest BCUT2D eigenvalue weighted by Gasteiger charge is -1.95. The molecule has 0 spiro atoms. The number of aliphatic carboxylic acids is 1. The molecule has 0 atom stereocenters. The summed E-state index contributed by atoms with van der Waals surface area (Å²) in [7, 11) is 0. The number of carboxylic acid groups (broad SMARTS) is 1. The summed E-state index contributed by atoms with van der Waals surface area (Å²) in [6.45, 7) is 0. The van der Waals surface area contributed by atoms with Gasteiger partial charge in [-0.25, -0.2) is 9.59 Å². The Labute approximate surface area is 78.6 Å². The fourth-order valence-electron chi connectivity index (χ4n) is 0.742. The second-order valence-electron chi connectivity index (χ2n) is 2.33. The van der Waals surface area contributed by atoms with E-state index in [0.29, 0.717) is 0 Å². The predicted molar refractivity (Wildman–Crippen MR) is 46.0 cm³/mol. The monoisotopic (exact) mass is 194 g/mol. The van der Waals surface area contributed by atoms with Crippen LogP contribution < -0.4 is 10.2 Å². The lowest BCUT2D eigenvalue weighted by Crippen LogP contribution is -2.21. The van der Waals surface area contributed by atoms with E-state index in [2.05, 4.69) is 4.74 Å². The number of carbonyl (C=O) groups is 2. The van der Waals surface area contributed by atoms with E-state index < -0.39 is 17.4 Å². The number of hydrogen-bond donors (Lipinski definition) is 1. The molecule has 0 aliphatic heterocycles. The summed E-state index contributed by atoms with van der Waals surface area (Å²) in [6, 6.07) is 6.87. The molecule has 0 unspecified atom stereocenters. The predicted octanol–water partition coefficient (Wildman–Crippen LogP) is 0.0368. The molecule has 0 aliphatic rings. The van der Waals surface area contributed by atoms with Crippen molar-refractivity contribution in [3.8, 4) is 5.75 Å². The van der Waals surface area contributed by atoms with Crippen LogP contribution in [-0.2, 0) is 9.59 Å². The summed E-state index contributed by atoms with van der Waals surface area (Å²) >= 11 is 0. The van der Waals surface area contributed by atoms with Gasteiger partial charge in [-0.1, -0.05) is 18.2 Å². The largest absolute Gasteiger partial charge is 0.473 e. The normalized spacial score (nSPS) is 9.14. The van der Waals surface area contributed by atoms with Crippen LogP contribution in [0.5, 0.6) is 5.75 Å². The molecule has 0 aromatic heterocycles. The van der Waals surface area contributed by atoms with E-state index in [1.165, 1.54) is 24.3 Å². The first kappa shape index (κ1) is 9.91. The first-order chi connectivity index (χ1) is 6.61. The first-order valence-electron chi connectivity index (χ1n) is 3.65. The maximum absolute atomic E-state index is 11.1. The van der Waals surface area contributed by atoms with Crippen molar-refractivity contribution in [1.29, 1.82) is 0 Å². The number of carbonyl (C=O) groups excluding carboxylic acids is 1. The molecule has 5 heteroatoms. The van der Waals surface area contributed by atoms with Gasteiger partial charge in [0.05, 0.1) is 0 Å². The second kappa shape index (κ2) is 4.18. The molecule has 0 aliphatic carbocycles. The van der Waals surface area contributed by atoms with Crippen molar-refractivity contribution >= 4 is 11.9 Å². The summed E-state index contributed by atoms with van der Waals surface area (Å²) in [5.74, 6) is -3.52. The summed E-state index contributed by atoms with van der Waals surface area (Å²) < 4.78 is 4.32. The maximum Gasteiger partial charge on any atom is 0.422 e. The molecule has 0 amide bonds. The standard InChI is InChI=1S/C9H6O5/c10-6-4-2-1-3-5-7(6)14-9(13)8(11)12/h1-5H,(H,11,12). The molecule has 14 heavy (non-hydrogen) atoms. The maximum atomic E-state index is 11.1. The van der Waals surface area contributed by atoms with Crippen LogP contribution in [-0.4, -0.2) is 17.0 Å². The molecule has 1 aromatic carbocycles. The zero-order valence-electron chi connectivity index (χ0n) is 6.97. The average molecular weight is 194 g/mol. The highest BCUT2D eigenvalue weighted by Gasteiger charge is 2.14. The summed E-state index contributed by atoms with van der Waals surface area (Å²) in [6.07, 6.45) is 0. The molecule has 0 saturated carbocycles. The van der Waals surface area contributed by atoms with E-state index in [1.54, 1.807) is 6.07 Å². The molecular formula is C9H6O5. The van der Waals surface area contributed by atoms with Gasteiger partial charge in [0.25, 0.3) is 0 Å². The lowest BCUT2D eigenvalue weighted by molar-refractivity contribution is -0.158. The molecule has 0 fully saturated rings. The van der Waals surface area contributed by atoms with E-state index in [4.69, 9.17) is 5.11 Å². The van der Waals surface area contributed by atoms with Crippen LogP contribution in [0, 0.1) is 0 Å². The molecule has 1 aromatic rings. The molecular weight excluding hydrogens is 188 g/mol. The Balaban J connectivity index is 3.00. The van der Waals surface area contributed by atoms with Crippen molar-refractivity contribution < 1.29 is 19.4 Å². The first-order valence-corrected chi connectivity index (χ1v) is 3.65. The van der Waals surface area contributed by atoms with Gasteiger partial charge in [0, 0.05) is 0 Å². The molecule has 1 N–H and O–H groups in total. The molecule has 0 saturated heterocycles. The Bertz CT molecular complexity index is 424. The number of carboxylic acids is 1. The zero-order chi connectivity index (χ0) is 10.6. The Morgan fingerprint density at radius 3 is 2.43 bits per heavy atom. The van der Waals surface area contributed by atoms with Crippen LogP contribution in [0.2, 0.25) is 0 Å². The quantitative estimate of drug-likeness (QED) is 0.504. The van der Waals surface area contributed by atoms with Gasteiger partial charge < -0.3 is 9.84 Å². The van der Waals surface area contributed by atoms with Gasteiger partial charge in [-0.05, 0) is 12.1 Å². The third kappa shape index (κ3) is 2.41. The van der Waals surface area contributed by atoms with Gasteiger partial charge in [0.15, 0.2) is 5.75 Å². The van der Waals surface area contributed by atoms with E-state index in [1.807, 2.05) is 0 Å². The molecule has 0 radical (unpaired) electrons. The summed E-state index contributed by atoms with van der Waals surface area (Å²) in [4.78, 5) is 31.8. The molecule has 0 heterocycles. The number of hydrogen-bond acceptors (Lipinski definition) is 4. The van der Waals surface area contributed by atoms with Crippen LogP contribution in [0.3, 0.4) is 0 Å². The Morgan fingerprint density at radius 1 is 1.14 bits per heavy atom. The fourth-order valence-corrected chi connectivity index (χ4v) is 0.742. The molecule has 1 rings (SSSR count). The minimum absolute atomic E-state index is 0.303. The highest BCUT2D eigenvalue weighted by atomic mass is 16.6. The zero-order valence-corrected chi connectivity index (χ0v) is 6.97. The van der Waals surface area contributed by atoms with Crippen molar-refractivity contribution in [2.45, 2.75) is 0 Å². The van der Waals surface area contributed by atoms with Crippen molar-refractivity contribution in [2.75, 3.05) is 0 Å². The minimum atomic E-state index is -1.74. The van der Waals surface area contributed by atoms with Gasteiger partial charge >= 0.3 is 11.9 Å². The molecule has 72 valence electrons. The van der Waals surface area contributed by atoms with Crippen LogP contribution in [0.25, 0.3) is 0 Å². The number of rotatable bonds is 1. The topological polar surface area (TPSA) is 80.7 Å². The minimum Gasteiger partial charge on any atom is -0.473 e. The van der Waals surface area contributed by atoms with Gasteiger partial charge in [-0.15, -0.1) is 0 Å². The molecule has 0 bridgehead atoms. The van der Waals surface area contributed by atoms with E-state index in [-0.39, 0.29) is 5.75 Å². The summed E-state index contributed by atoms with van der Waals surface area (Å²) in [5, 5.41) is 8.22. The second-order valence-corrected chi connectivity index (χ2v) is 2.33. The van der Waals surface area contributed by atoms with Crippen LogP contribution >= 0.6 is 0 Å². The van der Waals surface area contributed by atoms with Gasteiger partial charge in [0.2, 0.25) is 5.43 Å². The number of ether oxygens (including phenoxy) is 1. The van der Waals surface area contributed by atoms with E-state index >= 15 is 0 Å². The Kier molecular flexibility index (Phi) is 2.96. The fraction of sp³-hybridized carbons (Fsp3) is 0. The van der Waals surface area contributed by atoms with Crippen LogP contribution in [0.1, 0.15) is 0 Å². The third-order valence-electron chi connectivity index (χ3n) is 1.34. The Morgan fingerprint density at radius 2 is 1.79 bits per heavy atom. The van der Waals surface area contributed by atoms with Gasteiger partial charge in [0.1, 0.15) is 0 Å². The van der Waals surface area contributed by atoms with Crippen LogP contribution in [0.15, 0.2) is 35.1 Å². The number of esters is 1.